The summed E-state index contributed by atoms with van der Waals surface area (Å²) in [6.07, 6.45) is -4.37. The number of rotatable bonds is 3. The summed E-state index contributed by atoms with van der Waals surface area (Å²) in [7, 11) is 1.77. The van der Waals surface area contributed by atoms with Crippen molar-refractivity contribution in [2.45, 2.75) is 19.1 Å². The molecule has 2 aromatic carbocycles. The normalized spacial score (nSPS) is 13.2. The third-order valence-corrected chi connectivity index (χ3v) is 3.44. The molecule has 1 atom stereocenters. The lowest BCUT2D eigenvalue weighted by Gasteiger charge is -2.17. The number of alkyl halides is 3. The van der Waals surface area contributed by atoms with E-state index < -0.39 is 17.6 Å². The molecular weight excluding hydrogens is 282 g/mol. The van der Waals surface area contributed by atoms with Crippen LogP contribution in [0.15, 0.2) is 42.5 Å². The Morgan fingerprint density at radius 3 is 2.14 bits per heavy atom. The third-order valence-electron chi connectivity index (χ3n) is 3.44. The van der Waals surface area contributed by atoms with Crippen molar-refractivity contribution in [3.63, 3.8) is 0 Å². The van der Waals surface area contributed by atoms with E-state index in [0.29, 0.717) is 11.1 Å². The smallest absolute Gasteiger partial charge is 0.313 e. The summed E-state index contributed by atoms with van der Waals surface area (Å²) >= 11 is 0. The van der Waals surface area contributed by atoms with Crippen LogP contribution in [0.4, 0.5) is 17.6 Å². The first-order valence-corrected chi connectivity index (χ1v) is 6.47. The first-order chi connectivity index (χ1) is 9.82. The summed E-state index contributed by atoms with van der Waals surface area (Å²) in [5.74, 6) is -0.419. The van der Waals surface area contributed by atoms with Crippen LogP contribution in [0.3, 0.4) is 0 Å². The molecule has 2 rings (SSSR count). The van der Waals surface area contributed by atoms with Crippen LogP contribution in [0.2, 0.25) is 0 Å². The highest BCUT2D eigenvalue weighted by Crippen LogP contribution is 2.33. The second-order valence-electron chi connectivity index (χ2n) is 4.82. The molecule has 0 aromatic heterocycles. The van der Waals surface area contributed by atoms with Crippen molar-refractivity contribution in [2.24, 2.45) is 0 Å². The predicted octanol–water partition coefficient (Wildman–Crippen LogP) is 4.79. The zero-order valence-electron chi connectivity index (χ0n) is 11.6. The van der Waals surface area contributed by atoms with Crippen molar-refractivity contribution in [3.8, 4) is 11.1 Å². The maximum absolute atomic E-state index is 13.5. The molecule has 0 aliphatic carbocycles. The lowest BCUT2D eigenvalue weighted by molar-refractivity contribution is -0.137. The van der Waals surface area contributed by atoms with Crippen LogP contribution in [0.5, 0.6) is 0 Å². The molecule has 21 heavy (non-hydrogen) atoms. The SMILES string of the molecule is CNC(C)c1ccc(F)cc1-c1ccc(C(F)(F)F)cc1. The summed E-state index contributed by atoms with van der Waals surface area (Å²) in [6, 6.07) is 9.03. The van der Waals surface area contributed by atoms with E-state index in [4.69, 9.17) is 0 Å². The van der Waals surface area contributed by atoms with Gasteiger partial charge in [0, 0.05) is 6.04 Å². The lowest BCUT2D eigenvalue weighted by atomic mass is 9.95. The van der Waals surface area contributed by atoms with Crippen LogP contribution in [0, 0.1) is 5.82 Å². The van der Waals surface area contributed by atoms with Gasteiger partial charge in [-0.3, -0.25) is 0 Å². The molecule has 0 spiro atoms. The molecule has 2 aromatic rings. The number of hydrogen-bond donors (Lipinski definition) is 1. The summed E-state index contributed by atoms with van der Waals surface area (Å²) in [5, 5.41) is 3.04. The van der Waals surface area contributed by atoms with Gasteiger partial charge in [-0.05, 0) is 54.9 Å². The zero-order valence-corrected chi connectivity index (χ0v) is 11.6. The topological polar surface area (TPSA) is 12.0 Å². The van der Waals surface area contributed by atoms with E-state index in [9.17, 15) is 17.6 Å². The Morgan fingerprint density at radius 1 is 1.00 bits per heavy atom. The van der Waals surface area contributed by atoms with Gasteiger partial charge in [0.15, 0.2) is 0 Å². The molecule has 0 radical (unpaired) electrons. The van der Waals surface area contributed by atoms with Crippen LogP contribution in [0.1, 0.15) is 24.1 Å². The fraction of sp³-hybridized carbons (Fsp3) is 0.250. The quantitative estimate of drug-likeness (QED) is 0.803. The Labute approximate surface area is 120 Å². The predicted molar refractivity (Wildman–Crippen MR) is 74.3 cm³/mol. The third kappa shape index (κ3) is 3.42. The molecule has 0 heterocycles. The molecule has 1 unspecified atom stereocenters. The maximum atomic E-state index is 13.5. The van der Waals surface area contributed by atoms with E-state index in [1.807, 2.05) is 6.92 Å². The van der Waals surface area contributed by atoms with Crippen molar-refractivity contribution in [2.75, 3.05) is 7.05 Å². The fourth-order valence-corrected chi connectivity index (χ4v) is 2.15. The minimum atomic E-state index is -4.37. The number of halogens is 4. The average molecular weight is 297 g/mol. The van der Waals surface area contributed by atoms with Crippen molar-refractivity contribution in [3.05, 3.63) is 59.4 Å². The van der Waals surface area contributed by atoms with E-state index in [2.05, 4.69) is 5.32 Å². The number of hydrogen-bond acceptors (Lipinski definition) is 1. The van der Waals surface area contributed by atoms with E-state index in [0.717, 1.165) is 17.7 Å². The average Bonchev–Trinajstić information content (AvgIpc) is 2.45. The highest BCUT2D eigenvalue weighted by molar-refractivity contribution is 5.68. The maximum Gasteiger partial charge on any atom is 0.416 e. The van der Waals surface area contributed by atoms with Gasteiger partial charge in [0.2, 0.25) is 0 Å². The van der Waals surface area contributed by atoms with E-state index in [1.54, 1.807) is 13.1 Å². The highest BCUT2D eigenvalue weighted by Gasteiger charge is 2.30. The van der Waals surface area contributed by atoms with Crippen molar-refractivity contribution in [1.29, 1.82) is 0 Å². The van der Waals surface area contributed by atoms with Gasteiger partial charge in [-0.1, -0.05) is 18.2 Å². The lowest BCUT2D eigenvalue weighted by Crippen LogP contribution is -2.13. The summed E-state index contributed by atoms with van der Waals surface area (Å²) < 4.78 is 51.2. The largest absolute Gasteiger partial charge is 0.416 e. The summed E-state index contributed by atoms with van der Waals surface area (Å²) in [6.45, 7) is 1.90. The molecule has 1 nitrogen and oxygen atoms in total. The standard InChI is InChI=1S/C16H15F4N/c1-10(21-2)14-8-7-13(17)9-15(14)11-3-5-12(6-4-11)16(18,19)20/h3-10,21H,1-2H3. The second-order valence-corrected chi connectivity index (χ2v) is 4.82. The molecule has 112 valence electrons. The molecule has 0 bridgehead atoms. The summed E-state index contributed by atoms with van der Waals surface area (Å²) in [5.41, 5.74) is 1.26. The van der Waals surface area contributed by atoms with Gasteiger partial charge >= 0.3 is 6.18 Å². The van der Waals surface area contributed by atoms with Gasteiger partial charge in [0.25, 0.3) is 0 Å². The second kappa shape index (κ2) is 5.85. The molecule has 5 heteroatoms. The Morgan fingerprint density at radius 2 is 1.62 bits per heavy atom. The van der Waals surface area contributed by atoms with Crippen molar-refractivity contribution in [1.82, 2.24) is 5.32 Å². The first-order valence-electron chi connectivity index (χ1n) is 6.47. The Bertz CT molecular complexity index is 617. The first kappa shape index (κ1) is 15.5. The van der Waals surface area contributed by atoms with E-state index in [1.165, 1.54) is 24.3 Å². The molecule has 0 aliphatic heterocycles. The zero-order chi connectivity index (χ0) is 15.6. The van der Waals surface area contributed by atoms with Gasteiger partial charge in [-0.2, -0.15) is 13.2 Å². The van der Waals surface area contributed by atoms with E-state index in [-0.39, 0.29) is 6.04 Å². The minimum absolute atomic E-state index is 0.0390. The van der Waals surface area contributed by atoms with Crippen LogP contribution in [-0.4, -0.2) is 7.05 Å². The molecule has 0 aliphatic rings. The van der Waals surface area contributed by atoms with Gasteiger partial charge < -0.3 is 5.32 Å². The van der Waals surface area contributed by atoms with Gasteiger partial charge in [-0.25, -0.2) is 4.39 Å². The fourth-order valence-electron chi connectivity index (χ4n) is 2.15. The van der Waals surface area contributed by atoms with Crippen LogP contribution in [0.25, 0.3) is 11.1 Å². The monoisotopic (exact) mass is 297 g/mol. The van der Waals surface area contributed by atoms with Crippen molar-refractivity contribution >= 4 is 0 Å². The Hall–Kier alpha value is -1.88. The number of nitrogens with one attached hydrogen (secondary N) is 1. The van der Waals surface area contributed by atoms with Crippen molar-refractivity contribution < 1.29 is 17.6 Å². The minimum Gasteiger partial charge on any atom is -0.313 e. The Balaban J connectivity index is 2.48. The summed E-state index contributed by atoms with van der Waals surface area (Å²) in [4.78, 5) is 0. The van der Waals surface area contributed by atoms with E-state index >= 15 is 0 Å². The van der Waals surface area contributed by atoms with Crippen LogP contribution in [-0.2, 0) is 6.18 Å². The molecule has 0 fully saturated rings. The molecule has 0 saturated carbocycles. The van der Waals surface area contributed by atoms with Gasteiger partial charge in [0.1, 0.15) is 5.82 Å². The van der Waals surface area contributed by atoms with Gasteiger partial charge in [-0.15, -0.1) is 0 Å². The molecule has 0 amide bonds. The molecule has 1 N–H and O–H groups in total. The number of benzene rings is 2. The van der Waals surface area contributed by atoms with Crippen LogP contribution >= 0.6 is 0 Å². The molecule has 0 saturated heterocycles. The van der Waals surface area contributed by atoms with Gasteiger partial charge in [0.05, 0.1) is 5.56 Å². The Kier molecular flexibility index (Phi) is 4.32. The highest BCUT2D eigenvalue weighted by atomic mass is 19.4. The van der Waals surface area contributed by atoms with Crippen LogP contribution < -0.4 is 5.32 Å². The molecular formula is C16H15F4N.